The molecule has 0 aliphatic heterocycles. The summed E-state index contributed by atoms with van der Waals surface area (Å²) in [6.45, 7) is 5.73. The highest BCUT2D eigenvalue weighted by Crippen LogP contribution is 2.24. The highest BCUT2D eigenvalue weighted by atomic mass is 16.1. The lowest BCUT2D eigenvalue weighted by Crippen LogP contribution is -2.19. The van der Waals surface area contributed by atoms with E-state index in [0.29, 0.717) is 0 Å². The first-order chi connectivity index (χ1) is 11.0. The Hall–Kier alpha value is -2.75. The van der Waals surface area contributed by atoms with Gasteiger partial charge in [-0.1, -0.05) is 68.4 Å². The SMILES string of the molecule is CC(C)(C)C(=O)C=C(c1ccccc1)n1nnc2ccccc21. The van der Waals surface area contributed by atoms with Gasteiger partial charge >= 0.3 is 0 Å². The van der Waals surface area contributed by atoms with Crippen molar-refractivity contribution < 1.29 is 4.79 Å². The number of hydrogen-bond donors (Lipinski definition) is 0. The highest BCUT2D eigenvalue weighted by molar-refractivity contribution is 6.00. The Bertz CT molecular complexity index is 870. The van der Waals surface area contributed by atoms with Gasteiger partial charge in [-0.3, -0.25) is 4.79 Å². The molecule has 0 saturated heterocycles. The monoisotopic (exact) mass is 305 g/mol. The van der Waals surface area contributed by atoms with Gasteiger partial charge in [0, 0.05) is 17.1 Å². The second kappa shape index (κ2) is 5.80. The predicted molar refractivity (Wildman–Crippen MR) is 91.8 cm³/mol. The zero-order valence-electron chi connectivity index (χ0n) is 13.5. The number of ketones is 1. The molecule has 1 aromatic heterocycles. The topological polar surface area (TPSA) is 47.8 Å². The van der Waals surface area contributed by atoms with Crippen LogP contribution in [0.25, 0.3) is 16.7 Å². The van der Waals surface area contributed by atoms with E-state index in [0.717, 1.165) is 22.3 Å². The molecule has 4 nitrogen and oxygen atoms in total. The summed E-state index contributed by atoms with van der Waals surface area (Å²) < 4.78 is 1.73. The standard InChI is InChI=1S/C19H19N3O/c1-19(2,3)18(23)13-17(14-9-5-4-6-10-14)22-16-12-8-7-11-15(16)20-21-22/h4-13H,1-3H3. The van der Waals surface area contributed by atoms with Crippen molar-refractivity contribution in [1.29, 1.82) is 0 Å². The van der Waals surface area contributed by atoms with E-state index in [9.17, 15) is 4.79 Å². The van der Waals surface area contributed by atoms with Gasteiger partial charge in [0.2, 0.25) is 0 Å². The molecule has 0 bridgehead atoms. The largest absolute Gasteiger partial charge is 0.294 e. The molecular formula is C19H19N3O. The minimum atomic E-state index is -0.448. The van der Waals surface area contributed by atoms with Crippen LogP contribution in [0.2, 0.25) is 0 Å². The third kappa shape index (κ3) is 3.06. The molecule has 4 heteroatoms. The minimum absolute atomic E-state index is 0.0518. The van der Waals surface area contributed by atoms with E-state index in [4.69, 9.17) is 0 Å². The van der Waals surface area contributed by atoms with E-state index in [1.54, 1.807) is 10.8 Å². The van der Waals surface area contributed by atoms with Crippen LogP contribution in [-0.2, 0) is 4.79 Å². The first kappa shape index (κ1) is 15.2. The Kier molecular flexibility index (Phi) is 3.82. The van der Waals surface area contributed by atoms with Crippen molar-refractivity contribution in [3.8, 4) is 0 Å². The van der Waals surface area contributed by atoms with Crippen LogP contribution in [0.3, 0.4) is 0 Å². The van der Waals surface area contributed by atoms with Crippen LogP contribution in [0, 0.1) is 5.41 Å². The van der Waals surface area contributed by atoms with Crippen molar-refractivity contribution in [3.63, 3.8) is 0 Å². The minimum Gasteiger partial charge on any atom is -0.294 e. The number of allylic oxidation sites excluding steroid dienone is 1. The Morgan fingerprint density at radius 3 is 2.35 bits per heavy atom. The van der Waals surface area contributed by atoms with Crippen LogP contribution in [0.4, 0.5) is 0 Å². The fourth-order valence-corrected chi connectivity index (χ4v) is 2.26. The summed E-state index contributed by atoms with van der Waals surface area (Å²) >= 11 is 0. The highest BCUT2D eigenvalue weighted by Gasteiger charge is 2.21. The number of carbonyl (C=O) groups excluding carboxylic acids is 1. The summed E-state index contributed by atoms with van der Waals surface area (Å²) in [5.41, 5.74) is 2.90. The van der Waals surface area contributed by atoms with Gasteiger partial charge in [-0.05, 0) is 12.1 Å². The number of carbonyl (C=O) groups is 1. The maximum absolute atomic E-state index is 12.5. The summed E-state index contributed by atoms with van der Waals surface area (Å²) in [5, 5.41) is 8.45. The lowest BCUT2D eigenvalue weighted by Gasteiger charge is -2.16. The fourth-order valence-electron chi connectivity index (χ4n) is 2.26. The van der Waals surface area contributed by atoms with Crippen LogP contribution in [-0.4, -0.2) is 20.8 Å². The van der Waals surface area contributed by atoms with Gasteiger partial charge in [0.25, 0.3) is 0 Å². The molecule has 0 unspecified atom stereocenters. The molecule has 0 aliphatic carbocycles. The fraction of sp³-hybridized carbons (Fsp3) is 0.211. The van der Waals surface area contributed by atoms with Crippen LogP contribution >= 0.6 is 0 Å². The van der Waals surface area contributed by atoms with Crippen molar-refractivity contribution in [1.82, 2.24) is 15.0 Å². The van der Waals surface area contributed by atoms with Crippen LogP contribution in [0.15, 0.2) is 60.7 Å². The second-order valence-corrected chi connectivity index (χ2v) is 6.50. The van der Waals surface area contributed by atoms with E-state index in [1.165, 1.54) is 0 Å². The predicted octanol–water partition coefficient (Wildman–Crippen LogP) is 3.94. The average molecular weight is 305 g/mol. The van der Waals surface area contributed by atoms with E-state index >= 15 is 0 Å². The van der Waals surface area contributed by atoms with Crippen molar-refractivity contribution in [2.75, 3.05) is 0 Å². The van der Waals surface area contributed by atoms with Gasteiger partial charge in [-0.15, -0.1) is 5.10 Å². The first-order valence-corrected chi connectivity index (χ1v) is 7.59. The number of hydrogen-bond acceptors (Lipinski definition) is 3. The second-order valence-electron chi connectivity index (χ2n) is 6.50. The van der Waals surface area contributed by atoms with Gasteiger partial charge in [0.1, 0.15) is 5.52 Å². The lowest BCUT2D eigenvalue weighted by molar-refractivity contribution is -0.121. The van der Waals surface area contributed by atoms with E-state index in [-0.39, 0.29) is 5.78 Å². The summed E-state index contributed by atoms with van der Waals surface area (Å²) in [6.07, 6.45) is 1.66. The number of fused-ring (bicyclic) bond motifs is 1. The maximum Gasteiger partial charge on any atom is 0.163 e. The van der Waals surface area contributed by atoms with Crippen molar-refractivity contribution in [3.05, 3.63) is 66.2 Å². The van der Waals surface area contributed by atoms with Gasteiger partial charge in [0.05, 0.1) is 11.2 Å². The molecule has 0 amide bonds. The summed E-state index contributed by atoms with van der Waals surface area (Å²) in [6, 6.07) is 17.5. The van der Waals surface area contributed by atoms with Crippen molar-refractivity contribution in [2.24, 2.45) is 5.41 Å². The van der Waals surface area contributed by atoms with Crippen LogP contribution in [0.5, 0.6) is 0 Å². The molecule has 0 spiro atoms. The average Bonchev–Trinajstić information content (AvgIpc) is 2.96. The smallest absolute Gasteiger partial charge is 0.163 e. The van der Waals surface area contributed by atoms with E-state index in [2.05, 4.69) is 10.3 Å². The third-order valence-electron chi connectivity index (χ3n) is 3.66. The molecule has 0 saturated carbocycles. The molecule has 3 aromatic rings. The molecule has 2 aromatic carbocycles. The summed E-state index contributed by atoms with van der Waals surface area (Å²) in [5.74, 6) is 0.0518. The molecular weight excluding hydrogens is 286 g/mol. The van der Waals surface area contributed by atoms with Crippen LogP contribution < -0.4 is 0 Å². The van der Waals surface area contributed by atoms with Crippen LogP contribution in [0.1, 0.15) is 26.3 Å². The summed E-state index contributed by atoms with van der Waals surface area (Å²) in [4.78, 5) is 12.5. The van der Waals surface area contributed by atoms with Gasteiger partial charge < -0.3 is 0 Å². The number of aromatic nitrogens is 3. The van der Waals surface area contributed by atoms with Gasteiger partial charge in [-0.2, -0.15) is 0 Å². The molecule has 23 heavy (non-hydrogen) atoms. The molecule has 0 N–H and O–H groups in total. The first-order valence-electron chi connectivity index (χ1n) is 7.59. The lowest BCUT2D eigenvalue weighted by atomic mass is 9.90. The molecule has 116 valence electrons. The third-order valence-corrected chi connectivity index (χ3v) is 3.66. The molecule has 0 fully saturated rings. The quantitative estimate of drug-likeness (QED) is 0.689. The van der Waals surface area contributed by atoms with Crippen molar-refractivity contribution in [2.45, 2.75) is 20.8 Å². The number of nitrogens with zero attached hydrogens (tertiary/aromatic N) is 3. The molecule has 3 rings (SSSR count). The molecule has 0 atom stereocenters. The van der Waals surface area contributed by atoms with E-state index < -0.39 is 5.41 Å². The Morgan fingerprint density at radius 1 is 1.00 bits per heavy atom. The van der Waals surface area contributed by atoms with E-state index in [1.807, 2.05) is 75.4 Å². The number of para-hydroxylation sites is 1. The molecule has 0 aliphatic rings. The number of benzene rings is 2. The Labute approximate surface area is 135 Å². The zero-order chi connectivity index (χ0) is 16.4. The Balaban J connectivity index is 2.21. The molecule has 1 heterocycles. The zero-order valence-corrected chi connectivity index (χ0v) is 13.5. The normalized spacial score (nSPS) is 12.6. The van der Waals surface area contributed by atoms with Gasteiger partial charge in [-0.25, -0.2) is 4.68 Å². The number of rotatable bonds is 3. The summed E-state index contributed by atoms with van der Waals surface area (Å²) in [7, 11) is 0. The van der Waals surface area contributed by atoms with Crippen molar-refractivity contribution >= 4 is 22.5 Å². The Morgan fingerprint density at radius 2 is 1.65 bits per heavy atom. The van der Waals surface area contributed by atoms with Gasteiger partial charge in [0.15, 0.2) is 5.78 Å². The molecule has 0 radical (unpaired) electrons. The maximum atomic E-state index is 12.5.